The van der Waals surface area contributed by atoms with Crippen molar-refractivity contribution in [1.82, 2.24) is 24.9 Å². The van der Waals surface area contributed by atoms with Gasteiger partial charge in [0.1, 0.15) is 0 Å². The number of nitrogens with one attached hydrogen (secondary N) is 1. The molecule has 3 heterocycles. The maximum Gasteiger partial charge on any atom is 0.411 e. The van der Waals surface area contributed by atoms with Crippen LogP contribution in [0.3, 0.4) is 0 Å². The summed E-state index contributed by atoms with van der Waals surface area (Å²) in [5.41, 5.74) is 0. The zero-order valence-electron chi connectivity index (χ0n) is 16.8. The van der Waals surface area contributed by atoms with Crippen LogP contribution < -0.4 is 5.32 Å². The standard InChI is InChI=1S/C18H27N5O6/c1-12(21-7-14(24)19-15(25)8-21)13(2)22-9-16(26)23(17(27)10-22)11-29-18(28)20-5-3-4-6-20/h12-13H,3-11H2,1-2H3,(H,19,24,25). The van der Waals surface area contributed by atoms with Crippen LogP contribution in [0.25, 0.3) is 0 Å². The predicted octanol–water partition coefficient (Wildman–Crippen LogP) is -1.42. The van der Waals surface area contributed by atoms with Gasteiger partial charge in [-0.3, -0.25) is 34.3 Å². The Morgan fingerprint density at radius 3 is 1.90 bits per heavy atom. The third-order valence-corrected chi connectivity index (χ3v) is 5.78. The lowest BCUT2D eigenvalue weighted by atomic mass is 10.1. The number of ether oxygens (including phenoxy) is 1. The molecule has 0 saturated carbocycles. The average Bonchev–Trinajstić information content (AvgIpc) is 3.20. The smallest absolute Gasteiger partial charge is 0.411 e. The summed E-state index contributed by atoms with van der Waals surface area (Å²) in [6.07, 6.45) is 1.33. The van der Waals surface area contributed by atoms with Gasteiger partial charge in [0.15, 0.2) is 6.73 Å². The molecule has 0 radical (unpaired) electrons. The van der Waals surface area contributed by atoms with E-state index in [2.05, 4.69) is 5.32 Å². The number of likely N-dealkylation sites (tertiary alicyclic amines) is 1. The number of amides is 5. The number of carbonyl (C=O) groups excluding carboxylic acids is 5. The quantitative estimate of drug-likeness (QED) is 0.550. The lowest BCUT2D eigenvalue weighted by Crippen LogP contribution is -2.62. The van der Waals surface area contributed by atoms with E-state index in [1.54, 1.807) is 14.7 Å². The van der Waals surface area contributed by atoms with Crippen molar-refractivity contribution in [2.24, 2.45) is 0 Å². The van der Waals surface area contributed by atoms with Gasteiger partial charge in [-0.05, 0) is 26.7 Å². The Hall–Kier alpha value is -2.53. The summed E-state index contributed by atoms with van der Waals surface area (Å²) < 4.78 is 5.13. The minimum Gasteiger partial charge on any atom is -0.427 e. The first kappa shape index (κ1) is 21.2. The van der Waals surface area contributed by atoms with Gasteiger partial charge in [0.05, 0.1) is 26.2 Å². The largest absolute Gasteiger partial charge is 0.427 e. The summed E-state index contributed by atoms with van der Waals surface area (Å²) in [7, 11) is 0. The molecular weight excluding hydrogens is 382 g/mol. The summed E-state index contributed by atoms with van der Waals surface area (Å²) in [6, 6.07) is -0.457. The van der Waals surface area contributed by atoms with Crippen LogP contribution in [-0.2, 0) is 23.9 Å². The minimum absolute atomic E-state index is 0.00745. The normalized spacial score (nSPS) is 23.9. The number of piperazine rings is 2. The Bertz CT molecular complexity index is 673. The van der Waals surface area contributed by atoms with Crippen molar-refractivity contribution in [3.63, 3.8) is 0 Å². The van der Waals surface area contributed by atoms with Gasteiger partial charge in [0.25, 0.3) is 0 Å². The molecule has 5 amide bonds. The maximum absolute atomic E-state index is 12.5. The molecule has 3 rings (SSSR count). The van der Waals surface area contributed by atoms with Crippen molar-refractivity contribution < 1.29 is 28.7 Å². The Labute approximate surface area is 168 Å². The first-order valence-corrected chi connectivity index (χ1v) is 9.82. The molecule has 0 aromatic rings. The predicted molar refractivity (Wildman–Crippen MR) is 99.2 cm³/mol. The second-order valence-corrected chi connectivity index (χ2v) is 7.71. The molecule has 0 spiro atoms. The fourth-order valence-electron chi connectivity index (χ4n) is 3.81. The lowest BCUT2D eigenvalue weighted by molar-refractivity contribution is -0.158. The second kappa shape index (κ2) is 8.87. The highest BCUT2D eigenvalue weighted by Gasteiger charge is 2.38. The van der Waals surface area contributed by atoms with Crippen LogP contribution in [0, 0.1) is 0 Å². The van der Waals surface area contributed by atoms with Crippen molar-refractivity contribution >= 4 is 29.7 Å². The number of rotatable bonds is 5. The van der Waals surface area contributed by atoms with Gasteiger partial charge in [0.2, 0.25) is 23.6 Å². The van der Waals surface area contributed by atoms with Crippen molar-refractivity contribution in [2.75, 3.05) is 46.0 Å². The number of nitrogens with zero attached hydrogens (tertiary/aromatic N) is 4. The van der Waals surface area contributed by atoms with Crippen LogP contribution in [0.5, 0.6) is 0 Å². The molecule has 0 aromatic heterocycles. The monoisotopic (exact) mass is 409 g/mol. The van der Waals surface area contributed by atoms with Crippen LogP contribution in [0.4, 0.5) is 4.79 Å². The van der Waals surface area contributed by atoms with E-state index >= 15 is 0 Å². The van der Waals surface area contributed by atoms with E-state index in [9.17, 15) is 24.0 Å². The molecule has 0 aromatic carbocycles. The Balaban J connectivity index is 1.53. The summed E-state index contributed by atoms with van der Waals surface area (Å²) in [5, 5.41) is 2.25. The highest BCUT2D eigenvalue weighted by atomic mass is 16.6. The molecule has 2 unspecified atom stereocenters. The molecule has 11 nitrogen and oxygen atoms in total. The van der Waals surface area contributed by atoms with Crippen molar-refractivity contribution in [2.45, 2.75) is 38.8 Å². The van der Waals surface area contributed by atoms with Crippen molar-refractivity contribution in [3.05, 3.63) is 0 Å². The topological polar surface area (TPSA) is 120 Å². The number of imide groups is 2. The van der Waals surface area contributed by atoms with E-state index < -0.39 is 17.9 Å². The van der Waals surface area contributed by atoms with Gasteiger partial charge in [-0.25, -0.2) is 9.69 Å². The van der Waals surface area contributed by atoms with E-state index in [0.717, 1.165) is 17.7 Å². The fraction of sp³-hybridized carbons (Fsp3) is 0.722. The second-order valence-electron chi connectivity index (χ2n) is 7.71. The maximum atomic E-state index is 12.5. The molecule has 2 atom stereocenters. The molecule has 3 aliphatic rings. The number of carbonyl (C=O) groups is 5. The van der Waals surface area contributed by atoms with Gasteiger partial charge in [0, 0.05) is 25.2 Å². The Kier molecular flexibility index (Phi) is 6.48. The molecule has 160 valence electrons. The molecule has 3 saturated heterocycles. The molecule has 11 heteroatoms. The van der Waals surface area contributed by atoms with E-state index in [4.69, 9.17) is 4.74 Å². The third kappa shape index (κ3) is 4.91. The molecule has 1 N–H and O–H groups in total. The van der Waals surface area contributed by atoms with Gasteiger partial charge in [-0.2, -0.15) is 0 Å². The summed E-state index contributed by atoms with van der Waals surface area (Å²) >= 11 is 0. The van der Waals surface area contributed by atoms with Gasteiger partial charge in [-0.15, -0.1) is 0 Å². The van der Waals surface area contributed by atoms with Crippen molar-refractivity contribution in [3.8, 4) is 0 Å². The number of hydrogen-bond donors (Lipinski definition) is 1. The van der Waals surface area contributed by atoms with Crippen LogP contribution in [0.2, 0.25) is 0 Å². The Morgan fingerprint density at radius 1 is 0.897 bits per heavy atom. The molecule has 0 aliphatic carbocycles. The number of hydrogen-bond acceptors (Lipinski definition) is 8. The van der Waals surface area contributed by atoms with Crippen LogP contribution in [0.15, 0.2) is 0 Å². The third-order valence-electron chi connectivity index (χ3n) is 5.78. The zero-order valence-corrected chi connectivity index (χ0v) is 16.8. The minimum atomic E-state index is -0.513. The first-order valence-electron chi connectivity index (χ1n) is 9.82. The van der Waals surface area contributed by atoms with Crippen LogP contribution in [0.1, 0.15) is 26.7 Å². The molecule has 29 heavy (non-hydrogen) atoms. The lowest BCUT2D eigenvalue weighted by Gasteiger charge is -2.41. The van der Waals surface area contributed by atoms with E-state index in [0.29, 0.717) is 13.1 Å². The summed E-state index contributed by atoms with van der Waals surface area (Å²) in [6.45, 7) is 4.74. The van der Waals surface area contributed by atoms with Gasteiger partial charge >= 0.3 is 6.09 Å². The highest BCUT2D eigenvalue weighted by molar-refractivity contribution is 6.00. The average molecular weight is 409 g/mol. The summed E-state index contributed by atoms with van der Waals surface area (Å²) in [5.74, 6) is -1.61. The van der Waals surface area contributed by atoms with E-state index in [1.165, 1.54) is 0 Å². The molecular formula is C18H27N5O6. The molecule has 3 aliphatic heterocycles. The SMILES string of the molecule is CC(C(C)N1CC(=O)N(COC(=O)N2CCCC2)C(=O)C1)N1CC(=O)NC(=O)C1. The fourth-order valence-corrected chi connectivity index (χ4v) is 3.81. The van der Waals surface area contributed by atoms with Gasteiger partial charge in [-0.1, -0.05) is 0 Å². The molecule has 3 fully saturated rings. The first-order chi connectivity index (χ1) is 13.8. The summed E-state index contributed by atoms with van der Waals surface area (Å²) in [4.78, 5) is 66.1. The van der Waals surface area contributed by atoms with Crippen molar-refractivity contribution in [1.29, 1.82) is 0 Å². The van der Waals surface area contributed by atoms with E-state index in [1.807, 2.05) is 13.8 Å². The zero-order chi connectivity index (χ0) is 21.1. The highest BCUT2D eigenvalue weighted by Crippen LogP contribution is 2.16. The van der Waals surface area contributed by atoms with Crippen LogP contribution >= 0.6 is 0 Å². The molecule has 0 bridgehead atoms. The van der Waals surface area contributed by atoms with Gasteiger partial charge < -0.3 is 9.64 Å². The van der Waals surface area contributed by atoms with Crippen LogP contribution in [-0.4, -0.2) is 107 Å². The Morgan fingerprint density at radius 2 is 1.38 bits per heavy atom. The van der Waals surface area contributed by atoms with E-state index in [-0.39, 0.29) is 56.8 Å².